The molecule has 4 rings (SSSR count). The van der Waals surface area contributed by atoms with Crippen LogP contribution in [-0.4, -0.2) is 43.7 Å². The zero-order valence-electron chi connectivity index (χ0n) is 23.3. The van der Waals surface area contributed by atoms with Gasteiger partial charge in [0, 0.05) is 23.0 Å². The zero-order valence-corrected chi connectivity index (χ0v) is 24.9. The van der Waals surface area contributed by atoms with E-state index in [1.807, 2.05) is 63.9 Å². The average molecular weight is 552 g/mol. The molecule has 2 fully saturated rings. The number of methoxy groups -OCH3 is 1. The number of carbonyl (C=O) groups is 1. The van der Waals surface area contributed by atoms with E-state index in [4.69, 9.17) is 25.9 Å². The molecule has 0 bridgehead atoms. The van der Waals surface area contributed by atoms with Crippen molar-refractivity contribution >= 4 is 30.0 Å². The molecule has 1 aliphatic heterocycles. The second-order valence-corrected chi connectivity index (χ2v) is 10.0. The number of benzene rings is 2. The van der Waals surface area contributed by atoms with Crippen LogP contribution in [0.1, 0.15) is 72.6 Å². The highest BCUT2D eigenvalue weighted by Gasteiger charge is 2.21. The number of nitrogens with zero attached hydrogens (tertiary/aromatic N) is 1. The average Bonchev–Trinajstić information content (AvgIpc) is 2.98. The summed E-state index contributed by atoms with van der Waals surface area (Å²) >= 11 is 7.77. The lowest BCUT2D eigenvalue weighted by Crippen LogP contribution is -2.34. The summed E-state index contributed by atoms with van der Waals surface area (Å²) in [5.74, 6) is 2.65. The molecule has 0 amide bonds. The Morgan fingerprint density at radius 2 is 1.41 bits per heavy atom. The first-order valence-corrected chi connectivity index (χ1v) is 14.9. The molecule has 0 atom stereocenters. The highest BCUT2D eigenvalue weighted by molar-refractivity contribution is 7.97. The van der Waals surface area contributed by atoms with Gasteiger partial charge in [-0.1, -0.05) is 58.6 Å². The molecule has 1 saturated carbocycles. The molecule has 0 radical (unpaired) electrons. The Morgan fingerprint density at radius 1 is 0.865 bits per heavy atom. The maximum absolute atomic E-state index is 8.95. The van der Waals surface area contributed by atoms with Crippen molar-refractivity contribution in [3.63, 3.8) is 0 Å². The van der Waals surface area contributed by atoms with E-state index in [9.17, 15) is 0 Å². The summed E-state index contributed by atoms with van der Waals surface area (Å²) in [4.78, 5) is 10.2. The number of hydrogen-bond acceptors (Lipinski definition) is 6. The van der Waals surface area contributed by atoms with Gasteiger partial charge in [-0.05, 0) is 92.1 Å². The highest BCUT2D eigenvalue weighted by atomic mass is 35.5. The maximum Gasteiger partial charge on any atom is 0.292 e. The molecule has 5 nitrogen and oxygen atoms in total. The third-order valence-corrected chi connectivity index (χ3v) is 7.24. The van der Waals surface area contributed by atoms with Crippen LogP contribution >= 0.6 is 23.5 Å². The third-order valence-electron chi connectivity index (χ3n) is 5.88. The lowest BCUT2D eigenvalue weighted by Gasteiger charge is -2.31. The summed E-state index contributed by atoms with van der Waals surface area (Å²) < 4.78 is 18.4. The molecule has 0 aromatic heterocycles. The van der Waals surface area contributed by atoms with Crippen molar-refractivity contribution in [3.8, 4) is 11.5 Å². The second-order valence-electron chi connectivity index (χ2n) is 8.41. The molecule has 0 unspecified atom stereocenters. The summed E-state index contributed by atoms with van der Waals surface area (Å²) in [5, 5.41) is 0.744. The Labute approximate surface area is 234 Å². The maximum atomic E-state index is 8.95. The van der Waals surface area contributed by atoms with Crippen molar-refractivity contribution in [1.29, 1.82) is 0 Å². The minimum Gasteiger partial charge on any atom is -0.493 e. The molecule has 1 heterocycles. The first kappa shape index (κ1) is 33.1. The van der Waals surface area contributed by atoms with Crippen molar-refractivity contribution < 1.29 is 19.0 Å². The van der Waals surface area contributed by atoms with Crippen molar-refractivity contribution in [1.82, 2.24) is 4.31 Å². The fourth-order valence-corrected chi connectivity index (χ4v) is 5.14. The Kier molecular flexibility index (Phi) is 18.9. The molecule has 0 N–H and O–H groups in total. The first-order valence-electron chi connectivity index (χ1n) is 13.7. The fourth-order valence-electron chi connectivity index (χ4n) is 4.06. The molecule has 37 heavy (non-hydrogen) atoms. The van der Waals surface area contributed by atoms with Gasteiger partial charge in [0.2, 0.25) is 0 Å². The van der Waals surface area contributed by atoms with Crippen molar-refractivity contribution in [3.05, 3.63) is 53.6 Å². The van der Waals surface area contributed by atoms with Crippen LogP contribution in [0.15, 0.2) is 53.4 Å². The number of ether oxygens (including phenoxy) is 3. The summed E-state index contributed by atoms with van der Waals surface area (Å²) in [7, 11) is 1.31. The minimum absolute atomic E-state index is 0.281. The Hall–Kier alpha value is -1.89. The second kappa shape index (κ2) is 21.1. The number of rotatable bonds is 8. The van der Waals surface area contributed by atoms with Crippen LogP contribution in [-0.2, 0) is 9.53 Å². The van der Waals surface area contributed by atoms with E-state index >= 15 is 0 Å². The van der Waals surface area contributed by atoms with Gasteiger partial charge >= 0.3 is 0 Å². The van der Waals surface area contributed by atoms with Gasteiger partial charge in [-0.3, -0.25) is 4.79 Å². The Morgan fingerprint density at radius 3 is 1.95 bits per heavy atom. The number of carbonyl (C=O) groups excluding carboxylic acids is 1. The molecule has 2 aliphatic rings. The van der Waals surface area contributed by atoms with Crippen molar-refractivity contribution in [2.24, 2.45) is 5.92 Å². The molecule has 1 aliphatic carbocycles. The molecular formula is C30H46ClNO4S. The summed E-state index contributed by atoms with van der Waals surface area (Å²) in [5.41, 5.74) is 0. The van der Waals surface area contributed by atoms with E-state index in [-0.39, 0.29) is 6.10 Å². The van der Waals surface area contributed by atoms with Gasteiger partial charge < -0.3 is 14.2 Å². The summed E-state index contributed by atoms with van der Waals surface area (Å²) in [6.07, 6.45) is 9.14. The van der Waals surface area contributed by atoms with E-state index < -0.39 is 0 Å². The predicted molar refractivity (Wildman–Crippen MR) is 157 cm³/mol. The van der Waals surface area contributed by atoms with Gasteiger partial charge in [-0.2, -0.15) is 0 Å². The molecule has 208 valence electrons. The Balaban J connectivity index is 0.000000767. The van der Waals surface area contributed by atoms with E-state index in [1.165, 1.54) is 44.1 Å². The lowest BCUT2D eigenvalue weighted by molar-refractivity contribution is -0.126. The topological polar surface area (TPSA) is 48.0 Å². The monoisotopic (exact) mass is 551 g/mol. The third kappa shape index (κ3) is 14.0. The lowest BCUT2D eigenvalue weighted by atomic mass is 9.90. The predicted octanol–water partition coefficient (Wildman–Crippen LogP) is 8.69. The molecule has 2 aromatic carbocycles. The van der Waals surface area contributed by atoms with Crippen molar-refractivity contribution in [2.75, 3.05) is 26.8 Å². The zero-order chi connectivity index (χ0) is 27.3. The number of hydrogen-bond donors (Lipinski definition) is 0. The van der Waals surface area contributed by atoms with E-state index in [1.54, 1.807) is 0 Å². The minimum atomic E-state index is 0.281. The summed E-state index contributed by atoms with van der Waals surface area (Å²) in [6.45, 7) is 11.3. The van der Waals surface area contributed by atoms with Gasteiger partial charge in [0.1, 0.15) is 17.6 Å². The van der Waals surface area contributed by atoms with Crippen LogP contribution < -0.4 is 9.47 Å². The molecule has 7 heteroatoms. The molecule has 0 spiro atoms. The van der Waals surface area contributed by atoms with Crippen LogP contribution in [0.3, 0.4) is 0 Å². The van der Waals surface area contributed by atoms with Crippen LogP contribution in [0, 0.1) is 5.92 Å². The normalized spacial score (nSPS) is 15.9. The highest BCUT2D eigenvalue weighted by Crippen LogP contribution is 2.30. The van der Waals surface area contributed by atoms with Gasteiger partial charge in [-0.25, -0.2) is 4.31 Å². The van der Waals surface area contributed by atoms with E-state index in [0.717, 1.165) is 55.0 Å². The molecule has 1 saturated heterocycles. The van der Waals surface area contributed by atoms with Gasteiger partial charge in [0.05, 0.1) is 13.7 Å². The smallest absolute Gasteiger partial charge is 0.292 e. The van der Waals surface area contributed by atoms with E-state index in [2.05, 4.69) is 33.3 Å². The van der Waals surface area contributed by atoms with Gasteiger partial charge in [0.25, 0.3) is 6.47 Å². The SMILES string of the molecule is CC.CC.COC=O.Clc1ccc(OC2CCN(Sc3ccc(OCC4CCCCC4)cc3)CC2)cc1. The quantitative estimate of drug-likeness (QED) is 0.241. The van der Waals surface area contributed by atoms with Crippen LogP contribution in [0.2, 0.25) is 5.02 Å². The molecule has 2 aromatic rings. The van der Waals surface area contributed by atoms with Crippen LogP contribution in [0.5, 0.6) is 11.5 Å². The standard InChI is InChI=1S/C24H30ClNO2S.C2H4O2.2C2H6/c25-20-6-8-22(9-7-20)28-23-14-16-26(17-15-23)29-24-12-10-21(11-13-24)27-18-19-4-2-1-3-5-19;1-4-2-3;2*1-2/h6-13,19,23H,1-5,14-18H2;2H,1H3;2*1-2H3. The van der Waals surface area contributed by atoms with Crippen molar-refractivity contribution in [2.45, 2.75) is 83.6 Å². The first-order chi connectivity index (χ1) is 18.2. The fraction of sp³-hybridized carbons (Fsp3) is 0.567. The van der Waals surface area contributed by atoms with Gasteiger partial charge in [-0.15, -0.1) is 0 Å². The largest absolute Gasteiger partial charge is 0.493 e. The van der Waals surface area contributed by atoms with Gasteiger partial charge in [0.15, 0.2) is 0 Å². The van der Waals surface area contributed by atoms with Crippen LogP contribution in [0.25, 0.3) is 0 Å². The number of piperidine rings is 1. The van der Waals surface area contributed by atoms with E-state index in [0.29, 0.717) is 6.47 Å². The summed E-state index contributed by atoms with van der Waals surface area (Å²) in [6, 6.07) is 16.2. The van der Waals surface area contributed by atoms with Crippen LogP contribution in [0.4, 0.5) is 0 Å². The number of halogens is 1. The molecular weight excluding hydrogens is 506 g/mol. The Bertz CT molecular complexity index is 805.